The Kier molecular flexibility index (Phi) is 4.44. The summed E-state index contributed by atoms with van der Waals surface area (Å²) in [6.45, 7) is 2.40. The molecule has 2 heterocycles. The van der Waals surface area contributed by atoms with Crippen LogP contribution in [0.3, 0.4) is 0 Å². The molecule has 0 unspecified atom stereocenters. The number of hydrogen-bond donors (Lipinski definition) is 2. The molecule has 2 aromatic rings. The predicted molar refractivity (Wildman–Crippen MR) is 95.1 cm³/mol. The molecule has 1 saturated carbocycles. The summed E-state index contributed by atoms with van der Waals surface area (Å²) < 4.78 is 20.8. The van der Waals surface area contributed by atoms with Crippen LogP contribution in [0.2, 0.25) is 0 Å². The maximum Gasteiger partial charge on any atom is 0.142 e. The van der Waals surface area contributed by atoms with Gasteiger partial charge < -0.3 is 15.4 Å². The summed E-state index contributed by atoms with van der Waals surface area (Å²) in [5.41, 5.74) is 0.741. The van der Waals surface area contributed by atoms with Crippen LogP contribution >= 0.6 is 0 Å². The van der Waals surface area contributed by atoms with Crippen LogP contribution in [-0.2, 0) is 13.2 Å². The molecule has 0 amide bonds. The van der Waals surface area contributed by atoms with Gasteiger partial charge in [0.1, 0.15) is 18.0 Å². The molecule has 0 bridgehead atoms. The summed E-state index contributed by atoms with van der Waals surface area (Å²) in [6, 6.07) is 11.9. The number of aromatic nitrogens is 1. The molecule has 5 heteroatoms. The van der Waals surface area contributed by atoms with Gasteiger partial charge in [-0.1, -0.05) is 12.1 Å². The number of halogens is 1. The Morgan fingerprint density at radius 3 is 2.64 bits per heavy atom. The summed E-state index contributed by atoms with van der Waals surface area (Å²) in [7, 11) is 0. The number of benzene rings is 1. The first-order valence-electron chi connectivity index (χ1n) is 8.95. The first-order chi connectivity index (χ1) is 12.2. The summed E-state index contributed by atoms with van der Waals surface area (Å²) in [5.74, 6) is 0.835. The lowest BCUT2D eigenvalue weighted by molar-refractivity contribution is 0.104. The van der Waals surface area contributed by atoms with Crippen molar-refractivity contribution in [3.05, 3.63) is 59.9 Å². The fourth-order valence-corrected chi connectivity index (χ4v) is 4.04. The van der Waals surface area contributed by atoms with Gasteiger partial charge in [0.05, 0.1) is 5.54 Å². The molecule has 1 aliphatic heterocycles. The van der Waals surface area contributed by atoms with E-state index < -0.39 is 11.2 Å². The molecule has 1 aromatic carbocycles. The lowest BCUT2D eigenvalue weighted by atomic mass is 9.87. The van der Waals surface area contributed by atoms with E-state index in [-0.39, 0.29) is 0 Å². The zero-order valence-corrected chi connectivity index (χ0v) is 14.3. The zero-order valence-electron chi connectivity index (χ0n) is 14.3. The van der Waals surface area contributed by atoms with E-state index in [1.807, 2.05) is 36.4 Å². The van der Waals surface area contributed by atoms with E-state index in [9.17, 15) is 0 Å². The highest BCUT2D eigenvalue weighted by atomic mass is 19.1. The smallest absolute Gasteiger partial charge is 0.142 e. The van der Waals surface area contributed by atoms with Crippen molar-refractivity contribution in [2.45, 2.75) is 43.6 Å². The highest BCUT2D eigenvalue weighted by Crippen LogP contribution is 2.45. The van der Waals surface area contributed by atoms with Crippen molar-refractivity contribution in [3.63, 3.8) is 0 Å². The van der Waals surface area contributed by atoms with Crippen molar-refractivity contribution >= 4 is 0 Å². The van der Waals surface area contributed by atoms with Gasteiger partial charge in [-0.15, -0.1) is 0 Å². The van der Waals surface area contributed by atoms with Crippen molar-refractivity contribution in [1.82, 2.24) is 15.6 Å². The number of ether oxygens (including phenoxy) is 1. The van der Waals surface area contributed by atoms with Gasteiger partial charge in [-0.2, -0.15) is 0 Å². The SMILES string of the molecule is F[C@]12CCC[C@@]1(NCc1ccc(OCc3ccncc3)cc1)CNC2. The van der Waals surface area contributed by atoms with E-state index in [2.05, 4.69) is 15.6 Å². The van der Waals surface area contributed by atoms with Crippen molar-refractivity contribution in [1.29, 1.82) is 0 Å². The molecule has 25 heavy (non-hydrogen) atoms. The largest absolute Gasteiger partial charge is 0.489 e. The molecular formula is C20H24FN3O. The van der Waals surface area contributed by atoms with Crippen LogP contribution in [-0.4, -0.2) is 29.3 Å². The van der Waals surface area contributed by atoms with Crippen LogP contribution in [0.4, 0.5) is 4.39 Å². The van der Waals surface area contributed by atoms with Gasteiger partial charge in [-0.3, -0.25) is 4.98 Å². The molecule has 132 valence electrons. The number of nitrogens with zero attached hydrogens (tertiary/aromatic N) is 1. The highest BCUT2D eigenvalue weighted by molar-refractivity contribution is 5.28. The first kappa shape index (κ1) is 16.5. The van der Waals surface area contributed by atoms with Crippen molar-refractivity contribution in [3.8, 4) is 5.75 Å². The molecule has 1 saturated heterocycles. The Labute approximate surface area is 147 Å². The van der Waals surface area contributed by atoms with Crippen molar-refractivity contribution in [2.24, 2.45) is 0 Å². The minimum absolute atomic E-state index is 0.399. The molecule has 2 N–H and O–H groups in total. The van der Waals surface area contributed by atoms with E-state index in [0.29, 0.717) is 26.1 Å². The van der Waals surface area contributed by atoms with Gasteiger partial charge >= 0.3 is 0 Å². The first-order valence-corrected chi connectivity index (χ1v) is 8.95. The summed E-state index contributed by atoms with van der Waals surface area (Å²) in [6.07, 6.45) is 6.06. The third-order valence-corrected chi connectivity index (χ3v) is 5.58. The van der Waals surface area contributed by atoms with E-state index in [1.54, 1.807) is 12.4 Å². The molecular weight excluding hydrogens is 317 g/mol. The minimum Gasteiger partial charge on any atom is -0.489 e. The molecule has 2 atom stereocenters. The van der Waals surface area contributed by atoms with E-state index in [4.69, 9.17) is 4.74 Å². The van der Waals surface area contributed by atoms with E-state index in [1.165, 1.54) is 0 Å². The maximum absolute atomic E-state index is 15.0. The number of alkyl halides is 1. The second-order valence-electron chi connectivity index (χ2n) is 7.15. The average molecular weight is 341 g/mol. The standard InChI is InChI=1S/C20H24FN3O/c21-19-8-1-9-20(19,15-23-14-19)24-12-16-2-4-18(5-3-16)25-13-17-6-10-22-11-7-17/h2-7,10-11,23-24H,1,8-9,12-15H2/t19-,20+/m0/s1. The number of hydrogen-bond acceptors (Lipinski definition) is 4. The molecule has 0 spiro atoms. The third-order valence-electron chi connectivity index (χ3n) is 5.58. The predicted octanol–water partition coefficient (Wildman–Crippen LogP) is 2.98. The van der Waals surface area contributed by atoms with E-state index >= 15 is 4.39 Å². The van der Waals surface area contributed by atoms with Crippen LogP contribution < -0.4 is 15.4 Å². The maximum atomic E-state index is 15.0. The normalized spacial score (nSPS) is 28.0. The monoisotopic (exact) mass is 341 g/mol. The Morgan fingerprint density at radius 1 is 1.04 bits per heavy atom. The Balaban J connectivity index is 1.33. The van der Waals surface area contributed by atoms with Crippen molar-refractivity contribution in [2.75, 3.05) is 13.1 Å². The fourth-order valence-electron chi connectivity index (χ4n) is 4.04. The third kappa shape index (κ3) is 3.26. The molecule has 2 aliphatic rings. The van der Waals surface area contributed by atoms with Crippen LogP contribution in [0.15, 0.2) is 48.8 Å². The minimum atomic E-state index is -1.10. The summed E-state index contributed by atoms with van der Waals surface area (Å²) in [4.78, 5) is 4.00. The van der Waals surface area contributed by atoms with Gasteiger partial charge in [-0.05, 0) is 54.7 Å². The number of rotatable bonds is 6. The van der Waals surface area contributed by atoms with Crippen LogP contribution in [0.25, 0.3) is 0 Å². The lowest BCUT2D eigenvalue weighted by Gasteiger charge is -2.34. The number of fused-ring (bicyclic) bond motifs is 1. The molecule has 4 rings (SSSR count). The number of pyridine rings is 1. The fraction of sp³-hybridized carbons (Fsp3) is 0.450. The van der Waals surface area contributed by atoms with Gasteiger partial charge in [0.2, 0.25) is 0 Å². The molecule has 0 radical (unpaired) electrons. The Morgan fingerprint density at radius 2 is 1.84 bits per heavy atom. The second-order valence-corrected chi connectivity index (χ2v) is 7.15. The van der Waals surface area contributed by atoms with Crippen LogP contribution in [0.1, 0.15) is 30.4 Å². The molecule has 2 fully saturated rings. The van der Waals surface area contributed by atoms with Gasteiger partial charge in [0, 0.05) is 32.0 Å². The summed E-state index contributed by atoms with van der Waals surface area (Å²) in [5, 5.41) is 6.73. The molecule has 4 nitrogen and oxygen atoms in total. The van der Waals surface area contributed by atoms with Gasteiger partial charge in [0.15, 0.2) is 0 Å². The molecule has 1 aliphatic carbocycles. The lowest BCUT2D eigenvalue weighted by Crippen LogP contribution is -2.56. The Bertz CT molecular complexity index is 695. The van der Waals surface area contributed by atoms with Crippen molar-refractivity contribution < 1.29 is 9.13 Å². The Hall–Kier alpha value is -1.98. The van der Waals surface area contributed by atoms with E-state index in [0.717, 1.165) is 36.3 Å². The zero-order chi connectivity index (χ0) is 17.2. The van der Waals surface area contributed by atoms with Gasteiger partial charge in [-0.25, -0.2) is 4.39 Å². The summed E-state index contributed by atoms with van der Waals surface area (Å²) >= 11 is 0. The molecule has 1 aromatic heterocycles. The topological polar surface area (TPSA) is 46.2 Å². The highest BCUT2D eigenvalue weighted by Gasteiger charge is 2.58. The second kappa shape index (κ2) is 6.73. The number of nitrogens with one attached hydrogen (secondary N) is 2. The van der Waals surface area contributed by atoms with Gasteiger partial charge in [0.25, 0.3) is 0 Å². The average Bonchev–Trinajstić information content (AvgIpc) is 3.12. The van der Waals surface area contributed by atoms with Crippen LogP contribution in [0.5, 0.6) is 5.75 Å². The van der Waals surface area contributed by atoms with Crippen LogP contribution in [0, 0.1) is 0 Å². The quantitative estimate of drug-likeness (QED) is 0.848.